The maximum atomic E-state index is 14.1. The Hall–Kier alpha value is -1.86. The monoisotopic (exact) mass is 383 g/mol. The molecule has 1 N–H and O–H groups in total. The number of halogens is 2. The van der Waals surface area contributed by atoms with E-state index >= 15 is 0 Å². The van der Waals surface area contributed by atoms with Crippen molar-refractivity contribution in [2.45, 2.75) is 12.8 Å². The molecular formula is C18H23ClFN3O3. The summed E-state index contributed by atoms with van der Waals surface area (Å²) in [5, 5.41) is 2.52. The molecule has 2 aliphatic rings. The van der Waals surface area contributed by atoms with E-state index in [4.69, 9.17) is 16.3 Å². The van der Waals surface area contributed by atoms with Crippen LogP contribution in [0, 0.1) is 17.2 Å². The van der Waals surface area contributed by atoms with Crippen molar-refractivity contribution in [3.8, 4) is 0 Å². The minimum absolute atomic E-state index is 0.0103. The standard InChI is InChI=1S/C18H23ClFN3O3/c1-22(2)16(24)12-10-23(11-18(12)6-8-26-9-7-18)17(25)21-14-5-3-4-13(19)15(14)20/h3-5,12H,6-11H2,1-2H3,(H,21,25). The zero-order chi connectivity index (χ0) is 18.9. The number of carbonyl (C=O) groups excluding carboxylic acids is 2. The third kappa shape index (κ3) is 3.50. The van der Waals surface area contributed by atoms with Crippen LogP contribution in [0.4, 0.5) is 14.9 Å². The van der Waals surface area contributed by atoms with Crippen LogP contribution in [-0.2, 0) is 9.53 Å². The number of carbonyl (C=O) groups is 2. The number of hydrogen-bond acceptors (Lipinski definition) is 3. The summed E-state index contributed by atoms with van der Waals surface area (Å²) in [6, 6.07) is 4.03. The predicted octanol–water partition coefficient (Wildman–Crippen LogP) is 2.83. The molecule has 2 fully saturated rings. The summed E-state index contributed by atoms with van der Waals surface area (Å²) in [6.07, 6.45) is 1.46. The lowest BCUT2D eigenvalue weighted by molar-refractivity contribution is -0.138. The SMILES string of the molecule is CN(C)C(=O)C1CN(C(=O)Nc2cccc(Cl)c2F)CC12CCOCC2. The number of benzene rings is 1. The predicted molar refractivity (Wildman–Crippen MR) is 96.7 cm³/mol. The maximum absolute atomic E-state index is 14.1. The zero-order valence-corrected chi connectivity index (χ0v) is 15.7. The number of urea groups is 1. The minimum Gasteiger partial charge on any atom is -0.381 e. The molecule has 0 aliphatic carbocycles. The lowest BCUT2D eigenvalue weighted by Crippen LogP contribution is -2.44. The molecule has 142 valence electrons. The van der Waals surface area contributed by atoms with Gasteiger partial charge >= 0.3 is 6.03 Å². The van der Waals surface area contributed by atoms with Crippen LogP contribution in [0.5, 0.6) is 0 Å². The summed E-state index contributed by atoms with van der Waals surface area (Å²) < 4.78 is 19.5. The van der Waals surface area contributed by atoms with Gasteiger partial charge in [-0.3, -0.25) is 4.79 Å². The van der Waals surface area contributed by atoms with Crippen LogP contribution in [-0.4, -0.2) is 62.1 Å². The first-order valence-corrected chi connectivity index (χ1v) is 9.01. The highest BCUT2D eigenvalue weighted by Crippen LogP contribution is 2.45. The van der Waals surface area contributed by atoms with Crippen LogP contribution in [0.1, 0.15) is 12.8 Å². The fourth-order valence-corrected chi connectivity index (χ4v) is 4.03. The van der Waals surface area contributed by atoms with Crippen molar-refractivity contribution in [3.05, 3.63) is 29.0 Å². The molecule has 26 heavy (non-hydrogen) atoms. The lowest BCUT2D eigenvalue weighted by Gasteiger charge is -2.37. The van der Waals surface area contributed by atoms with Gasteiger partial charge in [0.05, 0.1) is 16.6 Å². The summed E-state index contributed by atoms with van der Waals surface area (Å²) in [6.45, 7) is 1.92. The number of likely N-dealkylation sites (tertiary alicyclic amines) is 1. The summed E-state index contributed by atoms with van der Waals surface area (Å²) in [5.74, 6) is -0.934. The van der Waals surface area contributed by atoms with Crippen molar-refractivity contribution in [1.82, 2.24) is 9.80 Å². The highest BCUT2D eigenvalue weighted by molar-refractivity contribution is 6.31. The molecule has 2 saturated heterocycles. The molecule has 2 aliphatic heterocycles. The molecule has 3 amide bonds. The van der Waals surface area contributed by atoms with Crippen molar-refractivity contribution in [1.29, 1.82) is 0 Å². The van der Waals surface area contributed by atoms with Gasteiger partial charge in [0, 0.05) is 45.8 Å². The smallest absolute Gasteiger partial charge is 0.321 e. The van der Waals surface area contributed by atoms with Gasteiger partial charge in [-0.05, 0) is 25.0 Å². The van der Waals surface area contributed by atoms with E-state index in [0.29, 0.717) is 26.3 Å². The molecule has 1 spiro atoms. The van der Waals surface area contributed by atoms with E-state index < -0.39 is 11.8 Å². The average Bonchev–Trinajstić information content (AvgIpc) is 2.97. The Bertz CT molecular complexity index is 707. The second kappa shape index (κ2) is 7.40. The maximum Gasteiger partial charge on any atom is 0.321 e. The number of nitrogens with one attached hydrogen (secondary N) is 1. The van der Waals surface area contributed by atoms with E-state index in [9.17, 15) is 14.0 Å². The van der Waals surface area contributed by atoms with Crippen molar-refractivity contribution in [2.24, 2.45) is 11.3 Å². The van der Waals surface area contributed by atoms with E-state index in [1.54, 1.807) is 30.0 Å². The van der Waals surface area contributed by atoms with Gasteiger partial charge in [0.15, 0.2) is 5.82 Å². The summed E-state index contributed by atoms with van der Waals surface area (Å²) in [7, 11) is 3.44. The van der Waals surface area contributed by atoms with Crippen LogP contribution in [0.2, 0.25) is 5.02 Å². The molecule has 1 aromatic carbocycles. The molecule has 0 bridgehead atoms. The molecule has 0 radical (unpaired) electrons. The fraction of sp³-hybridized carbons (Fsp3) is 0.556. The van der Waals surface area contributed by atoms with Crippen LogP contribution in [0.25, 0.3) is 0 Å². The molecule has 1 aromatic rings. The number of hydrogen-bond donors (Lipinski definition) is 1. The Balaban J connectivity index is 1.79. The lowest BCUT2D eigenvalue weighted by atomic mass is 9.71. The molecule has 0 aromatic heterocycles. The Morgan fingerprint density at radius 1 is 1.35 bits per heavy atom. The molecule has 3 rings (SSSR count). The van der Waals surface area contributed by atoms with Crippen molar-refractivity contribution in [3.63, 3.8) is 0 Å². The number of ether oxygens (including phenoxy) is 1. The Morgan fingerprint density at radius 3 is 2.69 bits per heavy atom. The van der Waals surface area contributed by atoms with Crippen molar-refractivity contribution < 1.29 is 18.7 Å². The largest absolute Gasteiger partial charge is 0.381 e. The van der Waals surface area contributed by atoms with E-state index in [1.807, 2.05) is 0 Å². The van der Waals surface area contributed by atoms with Gasteiger partial charge in [-0.15, -0.1) is 0 Å². The molecular weight excluding hydrogens is 361 g/mol. The van der Waals surface area contributed by atoms with Crippen LogP contribution in [0.15, 0.2) is 18.2 Å². The first kappa shape index (κ1) is 18.9. The number of nitrogens with zero attached hydrogens (tertiary/aromatic N) is 2. The second-order valence-electron chi connectivity index (χ2n) is 7.17. The molecule has 1 unspecified atom stereocenters. The van der Waals surface area contributed by atoms with Gasteiger partial charge in [-0.25, -0.2) is 9.18 Å². The molecule has 1 atom stereocenters. The molecule has 2 heterocycles. The van der Waals surface area contributed by atoms with Crippen molar-refractivity contribution >= 4 is 29.2 Å². The third-order valence-corrected chi connectivity index (χ3v) is 5.65. The van der Waals surface area contributed by atoms with Crippen LogP contribution in [0.3, 0.4) is 0 Å². The topological polar surface area (TPSA) is 61.9 Å². The zero-order valence-electron chi connectivity index (χ0n) is 14.9. The van der Waals surface area contributed by atoms with E-state index in [2.05, 4.69) is 5.32 Å². The fourth-order valence-electron chi connectivity index (χ4n) is 3.85. The van der Waals surface area contributed by atoms with Crippen LogP contribution >= 0.6 is 11.6 Å². The molecule has 6 nitrogen and oxygen atoms in total. The summed E-state index contributed by atoms with van der Waals surface area (Å²) in [5.41, 5.74) is -0.255. The van der Waals surface area contributed by atoms with Crippen LogP contribution < -0.4 is 5.32 Å². The van der Waals surface area contributed by atoms with Gasteiger partial charge in [-0.2, -0.15) is 0 Å². The average molecular weight is 384 g/mol. The van der Waals surface area contributed by atoms with Gasteiger partial charge in [0.25, 0.3) is 0 Å². The highest BCUT2D eigenvalue weighted by Gasteiger charge is 2.52. The molecule has 0 saturated carbocycles. The van der Waals surface area contributed by atoms with Gasteiger partial charge < -0.3 is 19.9 Å². The van der Waals surface area contributed by atoms with E-state index in [-0.39, 0.29) is 28.0 Å². The Labute approximate surface area is 157 Å². The normalized spacial score (nSPS) is 21.7. The number of amides is 3. The van der Waals surface area contributed by atoms with Crippen molar-refractivity contribution in [2.75, 3.05) is 45.7 Å². The Morgan fingerprint density at radius 2 is 2.04 bits per heavy atom. The van der Waals surface area contributed by atoms with Gasteiger partial charge in [0.1, 0.15) is 0 Å². The van der Waals surface area contributed by atoms with Gasteiger partial charge in [-0.1, -0.05) is 17.7 Å². The second-order valence-corrected chi connectivity index (χ2v) is 7.58. The van der Waals surface area contributed by atoms with Gasteiger partial charge in [0.2, 0.25) is 5.91 Å². The highest BCUT2D eigenvalue weighted by atomic mass is 35.5. The quantitative estimate of drug-likeness (QED) is 0.854. The third-order valence-electron chi connectivity index (χ3n) is 5.36. The molecule has 8 heteroatoms. The summed E-state index contributed by atoms with van der Waals surface area (Å²) in [4.78, 5) is 28.5. The van der Waals surface area contributed by atoms with E-state index in [1.165, 1.54) is 12.1 Å². The number of rotatable bonds is 2. The first-order chi connectivity index (χ1) is 12.3. The first-order valence-electron chi connectivity index (χ1n) is 8.63. The van der Waals surface area contributed by atoms with E-state index in [0.717, 1.165) is 12.8 Å². The Kier molecular flexibility index (Phi) is 5.39. The summed E-state index contributed by atoms with van der Waals surface area (Å²) >= 11 is 5.77. The number of anilines is 1. The minimum atomic E-state index is -0.664.